The fourth-order valence-corrected chi connectivity index (χ4v) is 0.882. The van der Waals surface area contributed by atoms with Gasteiger partial charge in [0.15, 0.2) is 5.65 Å². The van der Waals surface area contributed by atoms with Crippen LogP contribution in [0.15, 0.2) is 18.9 Å². The highest BCUT2D eigenvalue weighted by atomic mass is 15.1. The number of aryl methyl sites for hydroxylation is 1. The van der Waals surface area contributed by atoms with Gasteiger partial charge in [-0.25, -0.2) is 15.0 Å². The highest BCUT2D eigenvalue weighted by Gasteiger charge is 1.96. The van der Waals surface area contributed by atoms with E-state index < -0.39 is 0 Å². The number of hydrogen-bond donors (Lipinski definition) is 0. The quantitative estimate of drug-likeness (QED) is 0.688. The van der Waals surface area contributed by atoms with Gasteiger partial charge in [-0.15, -0.1) is 0 Å². The van der Waals surface area contributed by atoms with Crippen LogP contribution >= 0.6 is 0 Å². The van der Waals surface area contributed by atoms with Gasteiger partial charge >= 0.3 is 0 Å². The Morgan fingerprint density at radius 3 is 2.00 bits per heavy atom. The minimum Gasteiger partial charge on any atom is -0.318 e. The molecule has 4 heteroatoms. The molecule has 4 nitrogen and oxygen atoms in total. The predicted octanol–water partition coefficient (Wildman–Crippen LogP) is 3.44. The number of rotatable bonds is 0. The topological polar surface area (TPSA) is 43.6 Å². The highest BCUT2D eigenvalue weighted by Crippen LogP contribution is 2.03. The molecular weight excluding hydrogens is 200 g/mol. The SMILES string of the molecule is CC.CC.CC.Cn1cnc2cncnc21. The Hall–Kier alpha value is -1.45. The van der Waals surface area contributed by atoms with Gasteiger partial charge in [0, 0.05) is 7.05 Å². The first kappa shape index (κ1) is 17.0. The van der Waals surface area contributed by atoms with E-state index in [-0.39, 0.29) is 0 Å². The predicted molar refractivity (Wildman–Crippen MR) is 70.3 cm³/mol. The van der Waals surface area contributed by atoms with Gasteiger partial charge in [0.2, 0.25) is 0 Å². The van der Waals surface area contributed by atoms with Gasteiger partial charge in [0.05, 0.1) is 12.5 Å². The van der Waals surface area contributed by atoms with Crippen molar-refractivity contribution in [2.75, 3.05) is 0 Å². The standard InChI is InChI=1S/C6H6N4.3C2H6/c1-10-4-9-5-2-7-3-8-6(5)10;3*1-2/h2-4H,1H3;3*1-2H3. The van der Waals surface area contributed by atoms with Gasteiger partial charge in [-0.05, 0) is 0 Å². The van der Waals surface area contributed by atoms with Crippen LogP contribution in [0.5, 0.6) is 0 Å². The lowest BCUT2D eigenvalue weighted by atomic mass is 10.6. The molecule has 92 valence electrons. The highest BCUT2D eigenvalue weighted by molar-refractivity contribution is 5.68. The van der Waals surface area contributed by atoms with E-state index in [2.05, 4.69) is 15.0 Å². The summed E-state index contributed by atoms with van der Waals surface area (Å²) >= 11 is 0. The maximum Gasteiger partial charge on any atom is 0.162 e. The summed E-state index contributed by atoms with van der Waals surface area (Å²) in [6, 6.07) is 0. The zero-order valence-electron chi connectivity index (χ0n) is 11.5. The van der Waals surface area contributed by atoms with E-state index in [1.165, 1.54) is 6.33 Å². The Bertz CT molecular complexity index is 355. The molecule has 0 unspecified atom stereocenters. The van der Waals surface area contributed by atoms with Crippen molar-refractivity contribution in [3.05, 3.63) is 18.9 Å². The monoisotopic (exact) mass is 224 g/mol. The van der Waals surface area contributed by atoms with E-state index in [1.807, 2.05) is 53.2 Å². The maximum atomic E-state index is 4.06. The number of imidazole rings is 1. The molecule has 2 heterocycles. The third-order valence-corrected chi connectivity index (χ3v) is 1.38. The van der Waals surface area contributed by atoms with Crippen LogP contribution < -0.4 is 0 Å². The van der Waals surface area contributed by atoms with Crippen molar-refractivity contribution in [2.45, 2.75) is 41.5 Å². The van der Waals surface area contributed by atoms with Crippen molar-refractivity contribution in [2.24, 2.45) is 7.05 Å². The Morgan fingerprint density at radius 1 is 0.938 bits per heavy atom. The lowest BCUT2D eigenvalue weighted by Crippen LogP contribution is -1.86. The van der Waals surface area contributed by atoms with Gasteiger partial charge in [0.1, 0.15) is 11.8 Å². The van der Waals surface area contributed by atoms with Gasteiger partial charge < -0.3 is 4.57 Å². The molecule has 16 heavy (non-hydrogen) atoms. The van der Waals surface area contributed by atoms with Crippen molar-refractivity contribution in [3.63, 3.8) is 0 Å². The average Bonchev–Trinajstić information content (AvgIpc) is 2.79. The van der Waals surface area contributed by atoms with Gasteiger partial charge in [0.25, 0.3) is 0 Å². The number of nitrogens with zero attached hydrogens (tertiary/aromatic N) is 4. The summed E-state index contributed by atoms with van der Waals surface area (Å²) in [5.74, 6) is 0. The van der Waals surface area contributed by atoms with E-state index >= 15 is 0 Å². The third-order valence-electron chi connectivity index (χ3n) is 1.38. The molecule has 0 amide bonds. The smallest absolute Gasteiger partial charge is 0.162 e. The molecule has 2 rings (SSSR count). The fraction of sp³-hybridized carbons (Fsp3) is 0.583. The van der Waals surface area contributed by atoms with Crippen molar-refractivity contribution in [1.82, 2.24) is 19.5 Å². The maximum absolute atomic E-state index is 4.06. The molecule has 0 radical (unpaired) electrons. The summed E-state index contributed by atoms with van der Waals surface area (Å²) in [4.78, 5) is 11.9. The van der Waals surface area contributed by atoms with Crippen molar-refractivity contribution < 1.29 is 0 Å². The number of hydrogen-bond acceptors (Lipinski definition) is 3. The zero-order valence-corrected chi connectivity index (χ0v) is 11.5. The molecule has 0 aliphatic heterocycles. The molecule has 0 spiro atoms. The third kappa shape index (κ3) is 4.87. The Kier molecular flexibility index (Phi) is 12.3. The molecule has 0 saturated heterocycles. The van der Waals surface area contributed by atoms with Crippen LogP contribution in [0.3, 0.4) is 0 Å². The van der Waals surface area contributed by atoms with Gasteiger partial charge in [-0.2, -0.15) is 0 Å². The van der Waals surface area contributed by atoms with Crippen LogP contribution in [0.1, 0.15) is 41.5 Å². The lowest BCUT2D eigenvalue weighted by Gasteiger charge is -1.88. The summed E-state index contributed by atoms with van der Waals surface area (Å²) in [7, 11) is 1.91. The van der Waals surface area contributed by atoms with Gasteiger partial charge in [-0.1, -0.05) is 41.5 Å². The minimum atomic E-state index is 0.838. The van der Waals surface area contributed by atoms with Crippen molar-refractivity contribution >= 4 is 11.2 Å². The summed E-state index contributed by atoms with van der Waals surface area (Å²) in [5.41, 5.74) is 1.71. The molecule has 0 atom stereocenters. The largest absolute Gasteiger partial charge is 0.318 e. The van der Waals surface area contributed by atoms with Gasteiger partial charge in [-0.3, -0.25) is 0 Å². The van der Waals surface area contributed by atoms with Crippen LogP contribution in [0.2, 0.25) is 0 Å². The van der Waals surface area contributed by atoms with E-state index in [4.69, 9.17) is 0 Å². The second-order valence-corrected chi connectivity index (χ2v) is 2.09. The molecule has 0 aliphatic carbocycles. The van der Waals surface area contributed by atoms with E-state index in [1.54, 1.807) is 12.5 Å². The number of fused-ring (bicyclic) bond motifs is 1. The molecule has 0 aromatic carbocycles. The summed E-state index contributed by atoms with van der Waals surface area (Å²) in [6.07, 6.45) is 4.94. The first-order chi connectivity index (χ1) is 7.88. The average molecular weight is 224 g/mol. The molecular formula is C12H24N4. The van der Waals surface area contributed by atoms with Crippen LogP contribution in [-0.4, -0.2) is 19.5 Å². The summed E-state index contributed by atoms with van der Waals surface area (Å²) in [5, 5.41) is 0. The first-order valence-electron chi connectivity index (χ1n) is 5.95. The van der Waals surface area contributed by atoms with Crippen molar-refractivity contribution in [1.29, 1.82) is 0 Å². The molecule has 0 aliphatic rings. The van der Waals surface area contributed by atoms with E-state index in [0.717, 1.165) is 11.2 Å². The fourth-order valence-electron chi connectivity index (χ4n) is 0.882. The van der Waals surface area contributed by atoms with Crippen LogP contribution in [0.4, 0.5) is 0 Å². The summed E-state index contributed by atoms with van der Waals surface area (Å²) < 4.78 is 1.86. The summed E-state index contributed by atoms with van der Waals surface area (Å²) in [6.45, 7) is 12.0. The Balaban J connectivity index is 0. The lowest BCUT2D eigenvalue weighted by molar-refractivity contribution is 0.928. The molecule has 2 aromatic rings. The zero-order chi connectivity index (χ0) is 13.0. The molecule has 0 fully saturated rings. The second-order valence-electron chi connectivity index (χ2n) is 2.09. The first-order valence-corrected chi connectivity index (χ1v) is 5.95. The van der Waals surface area contributed by atoms with E-state index in [0.29, 0.717) is 0 Å². The van der Waals surface area contributed by atoms with Crippen molar-refractivity contribution in [3.8, 4) is 0 Å². The van der Waals surface area contributed by atoms with E-state index in [9.17, 15) is 0 Å². The molecule has 0 N–H and O–H groups in total. The van der Waals surface area contributed by atoms with Crippen LogP contribution in [0, 0.1) is 0 Å². The Labute approximate surface area is 98.8 Å². The number of aromatic nitrogens is 4. The van der Waals surface area contributed by atoms with Crippen LogP contribution in [-0.2, 0) is 7.05 Å². The van der Waals surface area contributed by atoms with Crippen LogP contribution in [0.25, 0.3) is 11.2 Å². The Morgan fingerprint density at radius 2 is 1.50 bits per heavy atom. The normalized spacial score (nSPS) is 7.69. The molecule has 2 aromatic heterocycles. The molecule has 0 bridgehead atoms. The molecule has 0 saturated carbocycles. The second kappa shape index (κ2) is 11.6. The minimum absolute atomic E-state index is 0.838.